The number of hydrogen-bond acceptors (Lipinski definition) is 3. The van der Waals surface area contributed by atoms with E-state index in [-0.39, 0.29) is 0 Å². The third-order valence-electron chi connectivity index (χ3n) is 3.17. The fraction of sp³-hybridized carbons (Fsp3) is 0.667. The first-order valence-electron chi connectivity index (χ1n) is 5.61. The summed E-state index contributed by atoms with van der Waals surface area (Å²) in [5.74, 6) is 1.66. The minimum absolute atomic E-state index is 0.405. The minimum atomic E-state index is 0.405. The fourth-order valence-corrected chi connectivity index (χ4v) is 2.28. The molecule has 1 aliphatic heterocycles. The van der Waals surface area contributed by atoms with E-state index in [1.54, 1.807) is 6.26 Å². The van der Waals surface area contributed by atoms with Crippen molar-refractivity contribution >= 4 is 0 Å². The molecule has 0 amide bonds. The Morgan fingerprint density at radius 1 is 1.60 bits per heavy atom. The molecule has 0 aliphatic carbocycles. The Morgan fingerprint density at radius 3 is 3.00 bits per heavy atom. The van der Waals surface area contributed by atoms with Gasteiger partial charge in [-0.3, -0.25) is 0 Å². The quantitative estimate of drug-likeness (QED) is 0.821. The van der Waals surface area contributed by atoms with Crippen LogP contribution < -0.4 is 5.32 Å². The number of likely N-dealkylation sites (N-methyl/N-ethyl adjacent to an activating group) is 1. The molecule has 1 aliphatic rings. The summed E-state index contributed by atoms with van der Waals surface area (Å²) >= 11 is 0. The first-order valence-corrected chi connectivity index (χ1v) is 5.61. The molecule has 1 N–H and O–H groups in total. The second-order valence-corrected chi connectivity index (χ2v) is 4.32. The van der Waals surface area contributed by atoms with Crippen molar-refractivity contribution in [3.8, 4) is 0 Å². The van der Waals surface area contributed by atoms with Crippen LogP contribution in [0.2, 0.25) is 0 Å². The third kappa shape index (κ3) is 2.61. The van der Waals surface area contributed by atoms with Gasteiger partial charge < -0.3 is 14.5 Å². The summed E-state index contributed by atoms with van der Waals surface area (Å²) in [4.78, 5) is 0. The molecule has 1 saturated heterocycles. The fourth-order valence-electron chi connectivity index (χ4n) is 2.28. The van der Waals surface area contributed by atoms with Crippen molar-refractivity contribution < 1.29 is 9.15 Å². The first-order chi connectivity index (χ1) is 7.29. The number of nitrogens with one attached hydrogen (secondary N) is 1. The Balaban J connectivity index is 1.92. The lowest BCUT2D eigenvalue weighted by atomic mass is 9.94. The van der Waals surface area contributed by atoms with Crippen LogP contribution in [0.5, 0.6) is 0 Å². The van der Waals surface area contributed by atoms with Gasteiger partial charge in [-0.15, -0.1) is 0 Å². The van der Waals surface area contributed by atoms with Crippen LogP contribution in [-0.4, -0.2) is 25.8 Å². The molecule has 1 aromatic rings. The maximum absolute atomic E-state index is 5.60. The molecule has 1 fully saturated rings. The van der Waals surface area contributed by atoms with Crippen LogP contribution in [-0.2, 0) is 11.2 Å². The van der Waals surface area contributed by atoms with Gasteiger partial charge in [0, 0.05) is 18.4 Å². The lowest BCUT2D eigenvalue weighted by molar-refractivity contribution is 0.117. The van der Waals surface area contributed by atoms with Crippen LogP contribution in [0.25, 0.3) is 0 Å². The number of ether oxygens (including phenoxy) is 1. The van der Waals surface area contributed by atoms with Crippen LogP contribution in [0.1, 0.15) is 19.1 Å². The molecule has 3 nitrogen and oxygen atoms in total. The van der Waals surface area contributed by atoms with Gasteiger partial charge in [-0.2, -0.15) is 0 Å². The Labute approximate surface area is 90.8 Å². The average Bonchev–Trinajstić information content (AvgIpc) is 2.85. The highest BCUT2D eigenvalue weighted by Gasteiger charge is 2.29. The van der Waals surface area contributed by atoms with E-state index in [1.165, 1.54) is 0 Å². The zero-order chi connectivity index (χ0) is 10.7. The molecule has 0 bridgehead atoms. The molecule has 1 aromatic heterocycles. The lowest BCUT2D eigenvalue weighted by Crippen LogP contribution is -2.35. The summed E-state index contributed by atoms with van der Waals surface area (Å²) in [6, 6.07) is 4.43. The minimum Gasteiger partial charge on any atom is -0.469 e. The van der Waals surface area contributed by atoms with Crippen LogP contribution in [0.15, 0.2) is 22.8 Å². The van der Waals surface area contributed by atoms with E-state index >= 15 is 0 Å². The predicted molar refractivity (Wildman–Crippen MR) is 58.8 cm³/mol. The first kappa shape index (κ1) is 10.7. The van der Waals surface area contributed by atoms with Gasteiger partial charge in [0.2, 0.25) is 0 Å². The zero-order valence-corrected chi connectivity index (χ0v) is 9.40. The summed E-state index contributed by atoms with van der Waals surface area (Å²) in [7, 11) is 2.01. The van der Waals surface area contributed by atoms with E-state index in [0.29, 0.717) is 18.1 Å². The molecular weight excluding hydrogens is 190 g/mol. The maximum atomic E-state index is 5.60. The van der Waals surface area contributed by atoms with Crippen molar-refractivity contribution in [2.75, 3.05) is 13.7 Å². The van der Waals surface area contributed by atoms with E-state index < -0.39 is 0 Å². The standard InChI is InChI=1S/C12H19NO2/c1-9-6-10(8-15-9)12(13-2)7-11-4-3-5-14-11/h3-5,9-10,12-13H,6-8H2,1-2H3. The molecule has 2 rings (SSSR count). The largest absolute Gasteiger partial charge is 0.469 e. The highest BCUT2D eigenvalue weighted by Crippen LogP contribution is 2.24. The van der Waals surface area contributed by atoms with Crippen molar-refractivity contribution in [1.82, 2.24) is 5.32 Å². The number of furan rings is 1. The molecule has 2 heterocycles. The van der Waals surface area contributed by atoms with Crippen LogP contribution in [0.4, 0.5) is 0 Å². The summed E-state index contributed by atoms with van der Waals surface area (Å²) < 4.78 is 11.0. The highest BCUT2D eigenvalue weighted by atomic mass is 16.5. The van der Waals surface area contributed by atoms with Gasteiger partial charge in [-0.25, -0.2) is 0 Å². The molecule has 15 heavy (non-hydrogen) atoms. The van der Waals surface area contributed by atoms with Gasteiger partial charge >= 0.3 is 0 Å². The van der Waals surface area contributed by atoms with Crippen molar-refractivity contribution in [3.05, 3.63) is 24.2 Å². The highest BCUT2D eigenvalue weighted by molar-refractivity contribution is 5.01. The van der Waals surface area contributed by atoms with Crippen LogP contribution >= 0.6 is 0 Å². The van der Waals surface area contributed by atoms with Crippen molar-refractivity contribution in [2.24, 2.45) is 5.92 Å². The smallest absolute Gasteiger partial charge is 0.105 e. The molecule has 3 heteroatoms. The van der Waals surface area contributed by atoms with Gasteiger partial charge in [0.15, 0.2) is 0 Å². The summed E-state index contributed by atoms with van der Waals surface area (Å²) in [6.07, 6.45) is 4.23. The summed E-state index contributed by atoms with van der Waals surface area (Å²) in [5.41, 5.74) is 0. The number of hydrogen-bond donors (Lipinski definition) is 1. The van der Waals surface area contributed by atoms with E-state index in [2.05, 4.69) is 12.2 Å². The van der Waals surface area contributed by atoms with Crippen molar-refractivity contribution in [2.45, 2.75) is 31.9 Å². The van der Waals surface area contributed by atoms with Gasteiger partial charge in [0.1, 0.15) is 5.76 Å². The number of rotatable bonds is 4. The molecule has 0 aromatic carbocycles. The SMILES string of the molecule is CNC(Cc1ccco1)C1COC(C)C1. The van der Waals surface area contributed by atoms with Gasteiger partial charge in [-0.05, 0) is 32.5 Å². The van der Waals surface area contributed by atoms with E-state index in [1.807, 2.05) is 19.2 Å². The molecule has 0 saturated carbocycles. The maximum Gasteiger partial charge on any atom is 0.105 e. The zero-order valence-electron chi connectivity index (χ0n) is 9.40. The molecule has 84 valence electrons. The molecule has 0 radical (unpaired) electrons. The average molecular weight is 209 g/mol. The third-order valence-corrected chi connectivity index (χ3v) is 3.17. The van der Waals surface area contributed by atoms with E-state index in [9.17, 15) is 0 Å². The Hall–Kier alpha value is -0.800. The van der Waals surface area contributed by atoms with E-state index in [0.717, 1.165) is 25.2 Å². The lowest BCUT2D eigenvalue weighted by Gasteiger charge is -2.20. The van der Waals surface area contributed by atoms with Crippen LogP contribution in [0, 0.1) is 5.92 Å². The molecular formula is C12H19NO2. The predicted octanol–water partition coefficient (Wildman–Crippen LogP) is 1.84. The second-order valence-electron chi connectivity index (χ2n) is 4.32. The summed E-state index contributed by atoms with van der Waals surface area (Å²) in [5, 5.41) is 3.36. The molecule has 3 unspecified atom stereocenters. The van der Waals surface area contributed by atoms with E-state index in [4.69, 9.17) is 9.15 Å². The van der Waals surface area contributed by atoms with Gasteiger partial charge in [0.25, 0.3) is 0 Å². The summed E-state index contributed by atoms with van der Waals surface area (Å²) in [6.45, 7) is 3.01. The normalized spacial score (nSPS) is 28.1. The Bertz CT molecular complexity index is 284. The van der Waals surface area contributed by atoms with Gasteiger partial charge in [0.05, 0.1) is 19.0 Å². The van der Waals surface area contributed by atoms with Crippen molar-refractivity contribution in [3.63, 3.8) is 0 Å². The second kappa shape index (κ2) is 4.81. The van der Waals surface area contributed by atoms with Crippen LogP contribution in [0.3, 0.4) is 0 Å². The topological polar surface area (TPSA) is 34.4 Å². The van der Waals surface area contributed by atoms with Gasteiger partial charge in [-0.1, -0.05) is 0 Å². The van der Waals surface area contributed by atoms with Crippen molar-refractivity contribution in [1.29, 1.82) is 0 Å². The molecule has 0 spiro atoms. The monoisotopic (exact) mass is 209 g/mol. The Kier molecular flexibility index (Phi) is 3.44. The Morgan fingerprint density at radius 2 is 2.47 bits per heavy atom. The molecule has 3 atom stereocenters.